The molecule has 2 aliphatic rings. The summed E-state index contributed by atoms with van der Waals surface area (Å²) in [5.41, 5.74) is 5.79. The van der Waals surface area contributed by atoms with Crippen LogP contribution in [0.1, 0.15) is 45.4 Å². The molecule has 2 unspecified atom stereocenters. The van der Waals surface area contributed by atoms with Crippen LogP contribution in [0, 0.1) is 5.41 Å². The number of nitrogens with one attached hydrogen (secondary N) is 1. The number of nitrogens with two attached hydrogens (primary N) is 1. The highest BCUT2D eigenvalue weighted by molar-refractivity contribution is 5.31. The van der Waals surface area contributed by atoms with E-state index in [0.717, 1.165) is 50.7 Å². The summed E-state index contributed by atoms with van der Waals surface area (Å²) in [6.07, 6.45) is 4.41. The Kier molecular flexibility index (Phi) is 3.46. The van der Waals surface area contributed by atoms with E-state index in [1.807, 2.05) is 0 Å². The van der Waals surface area contributed by atoms with Crippen molar-refractivity contribution >= 4 is 5.95 Å². The fraction of sp³-hybridized carbons (Fsp3) is 0.857. The second kappa shape index (κ2) is 5.00. The van der Waals surface area contributed by atoms with Crippen molar-refractivity contribution in [1.82, 2.24) is 15.2 Å². The molecule has 0 bridgehead atoms. The first-order chi connectivity index (χ1) is 9.55. The maximum atomic E-state index is 5.91. The van der Waals surface area contributed by atoms with Crippen LogP contribution in [0.25, 0.3) is 0 Å². The van der Waals surface area contributed by atoms with Gasteiger partial charge in [-0.15, -0.1) is 5.10 Å². The van der Waals surface area contributed by atoms with E-state index in [4.69, 9.17) is 10.5 Å². The van der Waals surface area contributed by atoms with Crippen LogP contribution in [-0.4, -0.2) is 41.4 Å². The fourth-order valence-electron chi connectivity index (χ4n) is 3.25. The Hall–Kier alpha value is -1.14. The molecule has 0 amide bonds. The van der Waals surface area contributed by atoms with Gasteiger partial charge in [0.05, 0.1) is 0 Å². The van der Waals surface area contributed by atoms with Gasteiger partial charge in [0.15, 0.2) is 5.82 Å². The molecule has 0 saturated carbocycles. The predicted molar refractivity (Wildman–Crippen MR) is 77.5 cm³/mol. The molecule has 2 aliphatic heterocycles. The topological polar surface area (TPSA) is 80.1 Å². The Balaban J connectivity index is 1.76. The molecule has 0 aromatic carbocycles. The maximum absolute atomic E-state index is 5.91. The Morgan fingerprint density at radius 2 is 2.20 bits per heavy atom. The first kappa shape index (κ1) is 13.8. The molecule has 3 rings (SSSR count). The third-order valence-corrected chi connectivity index (χ3v) is 4.75. The van der Waals surface area contributed by atoms with Crippen molar-refractivity contribution in [3.05, 3.63) is 5.82 Å². The van der Waals surface area contributed by atoms with E-state index in [1.165, 1.54) is 6.42 Å². The zero-order chi connectivity index (χ0) is 14.2. The van der Waals surface area contributed by atoms with Gasteiger partial charge in [-0.3, -0.25) is 5.10 Å². The van der Waals surface area contributed by atoms with Crippen LogP contribution in [0.15, 0.2) is 0 Å². The molecule has 112 valence electrons. The number of aromatic amines is 1. The fourth-order valence-corrected chi connectivity index (χ4v) is 3.25. The Bertz CT molecular complexity index is 468. The van der Waals surface area contributed by atoms with Crippen molar-refractivity contribution in [3.63, 3.8) is 0 Å². The lowest BCUT2D eigenvalue weighted by Gasteiger charge is -2.39. The van der Waals surface area contributed by atoms with E-state index >= 15 is 0 Å². The van der Waals surface area contributed by atoms with Crippen molar-refractivity contribution in [1.29, 1.82) is 0 Å². The van der Waals surface area contributed by atoms with Gasteiger partial charge in [-0.25, -0.2) is 0 Å². The molecular formula is C14H25N5O. The van der Waals surface area contributed by atoms with Crippen molar-refractivity contribution < 1.29 is 4.74 Å². The summed E-state index contributed by atoms with van der Waals surface area (Å²) < 4.78 is 5.82. The van der Waals surface area contributed by atoms with Gasteiger partial charge in [0.25, 0.3) is 0 Å². The van der Waals surface area contributed by atoms with Crippen LogP contribution in [0.5, 0.6) is 0 Å². The standard InChI is InChI=1S/C14H25N5O/c1-13(9-15)5-3-7-19(10-13)12-16-11(17-18-12)14(2)6-4-8-20-14/h3-10,15H2,1-2H3,(H,16,17,18). The molecule has 1 aromatic heterocycles. The number of rotatable bonds is 3. The highest BCUT2D eigenvalue weighted by atomic mass is 16.5. The van der Waals surface area contributed by atoms with Crippen molar-refractivity contribution in [2.75, 3.05) is 31.1 Å². The molecular weight excluding hydrogens is 254 g/mol. The molecule has 2 saturated heterocycles. The Morgan fingerprint density at radius 1 is 1.35 bits per heavy atom. The van der Waals surface area contributed by atoms with Crippen molar-refractivity contribution in [2.24, 2.45) is 11.1 Å². The number of ether oxygens (including phenoxy) is 1. The quantitative estimate of drug-likeness (QED) is 0.874. The van der Waals surface area contributed by atoms with Gasteiger partial charge in [0, 0.05) is 19.7 Å². The zero-order valence-electron chi connectivity index (χ0n) is 12.5. The summed E-state index contributed by atoms with van der Waals surface area (Å²) in [4.78, 5) is 6.93. The average molecular weight is 279 g/mol. The molecule has 20 heavy (non-hydrogen) atoms. The largest absolute Gasteiger partial charge is 0.367 e. The highest BCUT2D eigenvalue weighted by Gasteiger charge is 2.37. The minimum Gasteiger partial charge on any atom is -0.367 e. The predicted octanol–water partition coefficient (Wildman–Crippen LogP) is 1.40. The molecule has 1 aromatic rings. The van der Waals surface area contributed by atoms with E-state index in [2.05, 4.69) is 33.9 Å². The maximum Gasteiger partial charge on any atom is 0.244 e. The first-order valence-corrected chi connectivity index (χ1v) is 7.57. The Labute approximate surface area is 120 Å². The third kappa shape index (κ3) is 2.42. The van der Waals surface area contributed by atoms with Gasteiger partial charge >= 0.3 is 0 Å². The molecule has 0 radical (unpaired) electrons. The van der Waals surface area contributed by atoms with Crippen molar-refractivity contribution in [2.45, 2.75) is 45.1 Å². The van der Waals surface area contributed by atoms with Crippen LogP contribution in [-0.2, 0) is 10.3 Å². The van der Waals surface area contributed by atoms with E-state index < -0.39 is 0 Å². The summed E-state index contributed by atoms with van der Waals surface area (Å²) in [5, 5.41) is 7.47. The average Bonchev–Trinajstić information content (AvgIpc) is 3.08. The van der Waals surface area contributed by atoms with Crippen molar-refractivity contribution in [3.8, 4) is 0 Å². The van der Waals surface area contributed by atoms with E-state index in [1.54, 1.807) is 0 Å². The van der Waals surface area contributed by atoms with Gasteiger partial charge < -0.3 is 15.4 Å². The highest BCUT2D eigenvalue weighted by Crippen LogP contribution is 2.35. The minimum atomic E-state index is -0.293. The second-order valence-corrected chi connectivity index (χ2v) is 6.71. The molecule has 0 aliphatic carbocycles. The smallest absolute Gasteiger partial charge is 0.244 e. The third-order valence-electron chi connectivity index (χ3n) is 4.75. The molecule has 2 fully saturated rings. The molecule has 0 spiro atoms. The van der Waals surface area contributed by atoms with Gasteiger partial charge in [0.1, 0.15) is 5.60 Å². The van der Waals surface area contributed by atoms with E-state index in [-0.39, 0.29) is 11.0 Å². The molecule has 3 N–H and O–H groups in total. The number of piperidine rings is 1. The Morgan fingerprint density at radius 3 is 2.90 bits per heavy atom. The zero-order valence-corrected chi connectivity index (χ0v) is 12.5. The summed E-state index contributed by atoms with van der Waals surface area (Å²) >= 11 is 0. The van der Waals surface area contributed by atoms with Crippen LogP contribution in [0.3, 0.4) is 0 Å². The second-order valence-electron chi connectivity index (χ2n) is 6.71. The van der Waals surface area contributed by atoms with E-state index in [9.17, 15) is 0 Å². The molecule has 2 atom stereocenters. The van der Waals surface area contributed by atoms with Crippen LogP contribution in [0.4, 0.5) is 5.95 Å². The lowest BCUT2D eigenvalue weighted by molar-refractivity contribution is 0.00966. The summed E-state index contributed by atoms with van der Waals surface area (Å²) in [6, 6.07) is 0. The lowest BCUT2D eigenvalue weighted by Crippen LogP contribution is -2.46. The molecule has 6 nitrogen and oxygen atoms in total. The van der Waals surface area contributed by atoms with Crippen LogP contribution < -0.4 is 10.6 Å². The summed E-state index contributed by atoms with van der Waals surface area (Å²) in [5.74, 6) is 1.64. The molecule has 6 heteroatoms. The number of hydrogen-bond donors (Lipinski definition) is 2. The van der Waals surface area contributed by atoms with Gasteiger partial charge in [-0.1, -0.05) is 6.92 Å². The number of H-pyrrole nitrogens is 1. The number of hydrogen-bond acceptors (Lipinski definition) is 5. The SMILES string of the molecule is CC1(CN)CCCN(c2n[nH]c(C3(C)CCCO3)n2)C1. The van der Waals surface area contributed by atoms with Gasteiger partial charge in [-0.05, 0) is 44.6 Å². The van der Waals surface area contributed by atoms with E-state index in [0.29, 0.717) is 6.54 Å². The first-order valence-electron chi connectivity index (χ1n) is 7.57. The van der Waals surface area contributed by atoms with Gasteiger partial charge in [-0.2, -0.15) is 4.98 Å². The number of anilines is 1. The lowest BCUT2D eigenvalue weighted by atomic mass is 9.82. The summed E-state index contributed by atoms with van der Waals surface area (Å²) in [7, 11) is 0. The van der Waals surface area contributed by atoms with Crippen LogP contribution in [0.2, 0.25) is 0 Å². The minimum absolute atomic E-state index is 0.173. The number of aromatic nitrogens is 3. The summed E-state index contributed by atoms with van der Waals surface area (Å²) in [6.45, 7) is 7.78. The number of nitrogens with zero attached hydrogens (tertiary/aromatic N) is 3. The monoisotopic (exact) mass is 279 g/mol. The van der Waals surface area contributed by atoms with Crippen LogP contribution >= 0.6 is 0 Å². The normalized spacial score (nSPS) is 34.6. The molecule has 3 heterocycles. The van der Waals surface area contributed by atoms with Gasteiger partial charge in [0.2, 0.25) is 5.95 Å².